The number of carbonyl (C=O) groups excluding carboxylic acids is 2. The summed E-state index contributed by atoms with van der Waals surface area (Å²) in [5.41, 5.74) is 10.8. The van der Waals surface area contributed by atoms with Crippen LogP contribution in [-0.2, 0) is 29.6 Å². The minimum absolute atomic E-state index is 0.0114. The van der Waals surface area contributed by atoms with Crippen LogP contribution in [0.2, 0.25) is 0 Å². The number of piperidine rings is 1. The maximum absolute atomic E-state index is 13.7. The van der Waals surface area contributed by atoms with Crippen LogP contribution in [0.4, 0.5) is 0 Å². The van der Waals surface area contributed by atoms with Gasteiger partial charge in [0, 0.05) is 18.7 Å². The van der Waals surface area contributed by atoms with E-state index in [2.05, 4.69) is 5.32 Å². The average Bonchev–Trinajstić information content (AvgIpc) is 2.94. The maximum atomic E-state index is 13.7. The number of nitrogen functional groups attached to an aromatic ring is 1. The smallest absolute Gasteiger partial charge is 0.314 e. The fraction of sp³-hybridized carbons (Fsp3) is 0.286. The number of likely N-dealkylation sites (tertiary alicyclic amines) is 1. The van der Waals surface area contributed by atoms with Crippen molar-refractivity contribution in [1.82, 2.24) is 10.2 Å². The van der Waals surface area contributed by atoms with Crippen molar-refractivity contribution in [2.75, 3.05) is 13.1 Å². The number of nitrogens with zero attached hydrogens (tertiary/aromatic N) is 1. The molecule has 7 N–H and O–H groups in total. The van der Waals surface area contributed by atoms with Crippen LogP contribution in [0.5, 0.6) is 0 Å². The number of fused-ring (bicyclic) bond motifs is 1. The van der Waals surface area contributed by atoms with E-state index in [0.717, 1.165) is 5.39 Å². The molecule has 0 spiro atoms. The highest BCUT2D eigenvalue weighted by atomic mass is 32.2. The van der Waals surface area contributed by atoms with Gasteiger partial charge in [0.2, 0.25) is 21.1 Å². The summed E-state index contributed by atoms with van der Waals surface area (Å²) < 4.78 is 27.5. The van der Waals surface area contributed by atoms with E-state index in [0.29, 0.717) is 16.5 Å². The molecule has 2 amide bonds. The highest BCUT2D eigenvalue weighted by molar-refractivity contribution is 7.92. The number of hydrogen-bond donors (Lipinski definition) is 5. The lowest BCUT2D eigenvalue weighted by Gasteiger charge is -2.40. The summed E-state index contributed by atoms with van der Waals surface area (Å²) in [6, 6.07) is 16.8. The van der Waals surface area contributed by atoms with Crippen LogP contribution in [-0.4, -0.2) is 66.5 Å². The van der Waals surface area contributed by atoms with Crippen molar-refractivity contribution in [3.05, 3.63) is 77.9 Å². The predicted molar refractivity (Wildman–Crippen MR) is 149 cm³/mol. The first kappa shape index (κ1) is 28.7. The third kappa shape index (κ3) is 5.40. The normalized spacial score (nSPS) is 16.6. The van der Waals surface area contributed by atoms with Crippen LogP contribution in [0.1, 0.15) is 30.9 Å². The molecule has 40 heavy (non-hydrogen) atoms. The number of carboxylic acid groups (broad SMARTS) is 1. The Bertz CT molecular complexity index is 1580. The molecule has 1 fully saturated rings. The lowest BCUT2D eigenvalue weighted by Crippen LogP contribution is -2.58. The number of benzene rings is 3. The molecule has 2 atom stereocenters. The van der Waals surface area contributed by atoms with Gasteiger partial charge >= 0.3 is 5.97 Å². The van der Waals surface area contributed by atoms with Crippen LogP contribution in [0.3, 0.4) is 0 Å². The molecule has 210 valence electrons. The zero-order valence-electron chi connectivity index (χ0n) is 21.8. The van der Waals surface area contributed by atoms with E-state index in [9.17, 15) is 27.9 Å². The molecule has 1 aliphatic rings. The van der Waals surface area contributed by atoms with Crippen LogP contribution in [0, 0.1) is 5.41 Å². The number of sulfone groups is 1. The predicted octanol–water partition coefficient (Wildman–Crippen LogP) is 1.33. The first-order valence-electron chi connectivity index (χ1n) is 12.6. The topological polar surface area (TPSA) is 197 Å². The maximum Gasteiger partial charge on any atom is 0.314 e. The molecule has 1 unspecified atom stereocenters. The molecule has 3 aromatic carbocycles. The van der Waals surface area contributed by atoms with Crippen molar-refractivity contribution < 1.29 is 27.9 Å². The molecular weight excluding hydrogens is 534 g/mol. The van der Waals surface area contributed by atoms with Crippen molar-refractivity contribution in [3.8, 4) is 0 Å². The highest BCUT2D eigenvalue weighted by Gasteiger charge is 2.46. The fourth-order valence-electron chi connectivity index (χ4n) is 4.88. The van der Waals surface area contributed by atoms with Crippen LogP contribution in [0.25, 0.3) is 10.8 Å². The zero-order valence-corrected chi connectivity index (χ0v) is 22.6. The second-order valence-corrected chi connectivity index (χ2v) is 12.0. The molecule has 3 aromatic rings. The minimum Gasteiger partial charge on any atom is -0.481 e. The largest absolute Gasteiger partial charge is 0.481 e. The summed E-state index contributed by atoms with van der Waals surface area (Å²) in [6.07, 6.45) is 0.0228. The molecule has 0 bridgehead atoms. The fourth-order valence-corrected chi connectivity index (χ4v) is 6.39. The number of nitrogens with one attached hydrogen (secondary N) is 2. The number of carbonyl (C=O) groups is 3. The number of amidine groups is 1. The second-order valence-electron chi connectivity index (χ2n) is 9.93. The molecule has 0 aliphatic carbocycles. The standard InChI is InChI=1S/C28H31N5O6S/c1-17(29)24(34)32-25(40(38,39)22-11-8-18-4-2-3-5-20(18)16-22)26(35)33-14-12-28(13-15-33,27(36)37)21-9-6-19(7-10-21)23(30)31/h2-11,16-17,25H,12-15,29H2,1H3,(H3,30,31)(H,32,34)(H,36,37)/t17-,25?/m0/s1. The Kier molecular flexibility index (Phi) is 7.94. The Morgan fingerprint density at radius 2 is 1.60 bits per heavy atom. The monoisotopic (exact) mass is 565 g/mol. The van der Waals surface area contributed by atoms with Crippen LogP contribution >= 0.6 is 0 Å². The molecule has 1 saturated heterocycles. The quantitative estimate of drug-likeness (QED) is 0.199. The molecular formula is C28H31N5O6S. The van der Waals surface area contributed by atoms with Crippen molar-refractivity contribution in [2.45, 2.75) is 41.5 Å². The SMILES string of the molecule is C[C@H](N)C(=O)NC(C(=O)N1CCC(C(=O)O)(c2ccc(C(=N)N)cc2)CC1)S(=O)(=O)c1ccc2ccccc2c1. The Morgan fingerprint density at radius 1 is 1.00 bits per heavy atom. The number of amides is 2. The molecule has 4 rings (SSSR count). The summed E-state index contributed by atoms with van der Waals surface area (Å²) in [4.78, 5) is 39.8. The van der Waals surface area contributed by atoms with Crippen LogP contribution < -0.4 is 16.8 Å². The van der Waals surface area contributed by atoms with Gasteiger partial charge in [-0.15, -0.1) is 0 Å². The minimum atomic E-state index is -4.41. The van der Waals surface area contributed by atoms with E-state index < -0.39 is 44.5 Å². The molecule has 11 nitrogen and oxygen atoms in total. The van der Waals surface area contributed by atoms with Crippen LogP contribution in [0.15, 0.2) is 71.6 Å². The van der Waals surface area contributed by atoms with E-state index in [1.807, 2.05) is 12.1 Å². The van der Waals surface area contributed by atoms with Gasteiger partial charge in [-0.3, -0.25) is 19.8 Å². The first-order chi connectivity index (χ1) is 18.9. The molecule has 0 saturated carbocycles. The average molecular weight is 566 g/mol. The number of rotatable bonds is 8. The van der Waals surface area contributed by atoms with Crippen molar-refractivity contribution in [1.29, 1.82) is 5.41 Å². The highest BCUT2D eigenvalue weighted by Crippen LogP contribution is 2.37. The van der Waals surface area contributed by atoms with E-state index >= 15 is 0 Å². The van der Waals surface area contributed by atoms with Crippen molar-refractivity contribution in [3.63, 3.8) is 0 Å². The second kappa shape index (κ2) is 11.1. The Morgan fingerprint density at radius 3 is 2.15 bits per heavy atom. The van der Waals surface area contributed by atoms with Gasteiger partial charge < -0.3 is 26.8 Å². The van der Waals surface area contributed by atoms with Gasteiger partial charge in [-0.25, -0.2) is 8.42 Å². The van der Waals surface area contributed by atoms with Gasteiger partial charge in [0.25, 0.3) is 5.91 Å². The number of nitrogens with two attached hydrogens (primary N) is 2. The summed E-state index contributed by atoms with van der Waals surface area (Å²) in [6.45, 7) is 1.26. The third-order valence-corrected chi connectivity index (χ3v) is 9.21. The number of carboxylic acids is 1. The van der Waals surface area contributed by atoms with Gasteiger partial charge in [-0.2, -0.15) is 0 Å². The van der Waals surface area contributed by atoms with Crippen molar-refractivity contribution in [2.24, 2.45) is 11.5 Å². The Balaban J connectivity index is 1.63. The third-order valence-electron chi connectivity index (χ3n) is 7.36. The zero-order chi connectivity index (χ0) is 29.2. The number of aliphatic carboxylic acids is 1. The van der Waals surface area contributed by atoms with E-state index in [-0.39, 0.29) is 36.7 Å². The van der Waals surface area contributed by atoms with Gasteiger partial charge in [-0.1, -0.05) is 54.6 Å². The molecule has 1 heterocycles. The summed E-state index contributed by atoms with van der Waals surface area (Å²) >= 11 is 0. The molecule has 12 heteroatoms. The van der Waals surface area contributed by atoms with Gasteiger partial charge in [0.15, 0.2) is 0 Å². The summed E-state index contributed by atoms with van der Waals surface area (Å²) in [5.74, 6) is -2.91. The van der Waals surface area contributed by atoms with E-state index in [1.165, 1.54) is 24.0 Å². The van der Waals surface area contributed by atoms with Crippen molar-refractivity contribution >= 4 is 44.2 Å². The first-order valence-corrected chi connectivity index (χ1v) is 14.2. The summed E-state index contributed by atoms with van der Waals surface area (Å²) in [5, 5.41) is 19.5. The lowest BCUT2D eigenvalue weighted by atomic mass is 9.72. The number of hydrogen-bond acceptors (Lipinski definition) is 7. The Hall–Kier alpha value is -4.29. The van der Waals surface area contributed by atoms with Gasteiger partial charge in [-0.05, 0) is 48.2 Å². The van der Waals surface area contributed by atoms with E-state index in [1.54, 1.807) is 42.5 Å². The Labute approximate surface area is 231 Å². The molecule has 1 aliphatic heterocycles. The van der Waals surface area contributed by atoms with Gasteiger partial charge in [0.05, 0.1) is 16.4 Å². The summed E-state index contributed by atoms with van der Waals surface area (Å²) in [7, 11) is -4.41. The van der Waals surface area contributed by atoms with E-state index in [4.69, 9.17) is 16.9 Å². The van der Waals surface area contributed by atoms with Gasteiger partial charge in [0.1, 0.15) is 5.84 Å². The lowest BCUT2D eigenvalue weighted by molar-refractivity contribution is -0.148. The molecule has 0 aromatic heterocycles. The molecule has 0 radical (unpaired) electrons.